The van der Waals surface area contributed by atoms with Gasteiger partial charge in [0.2, 0.25) is 5.91 Å². The zero-order valence-corrected chi connectivity index (χ0v) is 16.8. The average molecular weight is 349 g/mol. The van der Waals surface area contributed by atoms with Gasteiger partial charge in [-0.2, -0.15) is 5.10 Å². The predicted octanol–water partition coefficient (Wildman–Crippen LogP) is 3.70. The molecule has 1 fully saturated rings. The van der Waals surface area contributed by atoms with E-state index in [0.29, 0.717) is 19.0 Å². The van der Waals surface area contributed by atoms with Crippen LogP contribution in [0.4, 0.5) is 0 Å². The zero-order chi connectivity index (χ0) is 18.4. The highest BCUT2D eigenvalue weighted by Crippen LogP contribution is 2.19. The number of carbonyl (C=O) groups excluding carboxylic acids is 1. The van der Waals surface area contributed by atoms with Gasteiger partial charge in [0.25, 0.3) is 0 Å². The van der Waals surface area contributed by atoms with Crippen molar-refractivity contribution in [3.05, 3.63) is 17.0 Å². The largest absolute Gasteiger partial charge is 0.341 e. The highest BCUT2D eigenvalue weighted by molar-refractivity contribution is 5.76. The standard InChI is InChI=1S/C20H36N4O/c1-16(2)24-18(4)19(17(3)21-24)15-22(5)20(25)11-14-23-12-9-7-6-8-10-13-23/h16H,6-15H2,1-5H3. The molecule has 1 aromatic heterocycles. The molecule has 0 N–H and O–H groups in total. The Morgan fingerprint density at radius 2 is 1.72 bits per heavy atom. The smallest absolute Gasteiger partial charge is 0.223 e. The molecule has 0 bridgehead atoms. The van der Waals surface area contributed by atoms with Crippen LogP contribution in [0, 0.1) is 13.8 Å². The fourth-order valence-corrected chi connectivity index (χ4v) is 3.74. The first-order valence-corrected chi connectivity index (χ1v) is 9.91. The molecular weight excluding hydrogens is 312 g/mol. The highest BCUT2D eigenvalue weighted by Gasteiger charge is 2.18. The van der Waals surface area contributed by atoms with E-state index < -0.39 is 0 Å². The van der Waals surface area contributed by atoms with E-state index in [1.165, 1.54) is 43.4 Å². The van der Waals surface area contributed by atoms with E-state index in [1.807, 2.05) is 18.9 Å². The second-order valence-corrected chi connectivity index (χ2v) is 7.80. The van der Waals surface area contributed by atoms with E-state index in [1.54, 1.807) is 0 Å². The van der Waals surface area contributed by atoms with Crippen LogP contribution in [-0.4, -0.2) is 52.2 Å². The van der Waals surface area contributed by atoms with Gasteiger partial charge in [-0.3, -0.25) is 9.48 Å². The molecule has 2 heterocycles. The van der Waals surface area contributed by atoms with Gasteiger partial charge in [-0.05, 0) is 53.6 Å². The maximum Gasteiger partial charge on any atom is 0.223 e. The Kier molecular flexibility index (Phi) is 7.48. The Morgan fingerprint density at radius 3 is 2.28 bits per heavy atom. The van der Waals surface area contributed by atoms with Crippen molar-refractivity contribution in [2.24, 2.45) is 0 Å². The molecule has 142 valence electrons. The summed E-state index contributed by atoms with van der Waals surface area (Å²) in [6.07, 6.45) is 7.21. The lowest BCUT2D eigenvalue weighted by Gasteiger charge is -2.25. The first-order valence-electron chi connectivity index (χ1n) is 9.91. The maximum atomic E-state index is 12.6. The molecule has 25 heavy (non-hydrogen) atoms. The normalized spacial score (nSPS) is 16.7. The second-order valence-electron chi connectivity index (χ2n) is 7.80. The summed E-state index contributed by atoms with van der Waals surface area (Å²) in [4.78, 5) is 16.9. The topological polar surface area (TPSA) is 41.4 Å². The average Bonchev–Trinajstić information content (AvgIpc) is 2.81. The van der Waals surface area contributed by atoms with E-state index >= 15 is 0 Å². The molecule has 1 aliphatic heterocycles. The molecule has 0 atom stereocenters. The number of amides is 1. The van der Waals surface area contributed by atoms with Gasteiger partial charge in [-0.25, -0.2) is 0 Å². The van der Waals surface area contributed by atoms with Gasteiger partial charge in [0.05, 0.1) is 5.69 Å². The molecule has 1 amide bonds. The maximum absolute atomic E-state index is 12.6. The monoisotopic (exact) mass is 348 g/mol. The number of aryl methyl sites for hydroxylation is 1. The lowest BCUT2D eigenvalue weighted by Crippen LogP contribution is -2.33. The third kappa shape index (κ3) is 5.56. The molecule has 0 unspecified atom stereocenters. The lowest BCUT2D eigenvalue weighted by molar-refractivity contribution is -0.130. The van der Waals surface area contributed by atoms with Crippen LogP contribution >= 0.6 is 0 Å². The van der Waals surface area contributed by atoms with Crippen molar-refractivity contribution < 1.29 is 4.79 Å². The molecule has 0 aromatic carbocycles. The molecule has 1 aromatic rings. The predicted molar refractivity (Wildman–Crippen MR) is 103 cm³/mol. The summed E-state index contributed by atoms with van der Waals surface area (Å²) in [5.74, 6) is 0.234. The second kappa shape index (κ2) is 9.37. The minimum Gasteiger partial charge on any atom is -0.341 e. The molecule has 5 heteroatoms. The number of carbonyl (C=O) groups is 1. The minimum absolute atomic E-state index is 0.234. The van der Waals surface area contributed by atoms with Gasteiger partial charge in [-0.15, -0.1) is 0 Å². The van der Waals surface area contributed by atoms with E-state index in [2.05, 4.69) is 35.5 Å². The third-order valence-electron chi connectivity index (χ3n) is 5.38. The molecule has 0 aliphatic carbocycles. The highest BCUT2D eigenvalue weighted by atomic mass is 16.2. The van der Waals surface area contributed by atoms with Gasteiger partial charge in [0.1, 0.15) is 0 Å². The van der Waals surface area contributed by atoms with Crippen LogP contribution in [0.1, 0.15) is 75.4 Å². The van der Waals surface area contributed by atoms with Crippen LogP contribution < -0.4 is 0 Å². The van der Waals surface area contributed by atoms with Gasteiger partial charge in [0.15, 0.2) is 0 Å². The van der Waals surface area contributed by atoms with Crippen LogP contribution in [0.3, 0.4) is 0 Å². The van der Waals surface area contributed by atoms with E-state index in [0.717, 1.165) is 25.3 Å². The number of rotatable bonds is 6. The van der Waals surface area contributed by atoms with Crippen molar-refractivity contribution in [2.75, 3.05) is 26.7 Å². The first-order chi connectivity index (χ1) is 11.9. The summed E-state index contributed by atoms with van der Waals surface area (Å²) < 4.78 is 2.06. The van der Waals surface area contributed by atoms with Crippen molar-refractivity contribution >= 4 is 5.91 Å². The van der Waals surface area contributed by atoms with Crippen LogP contribution in [0.25, 0.3) is 0 Å². The summed E-state index contributed by atoms with van der Waals surface area (Å²) in [7, 11) is 1.92. The third-order valence-corrected chi connectivity index (χ3v) is 5.38. The number of aromatic nitrogens is 2. The van der Waals surface area contributed by atoms with Gasteiger partial charge >= 0.3 is 0 Å². The number of likely N-dealkylation sites (tertiary alicyclic amines) is 1. The summed E-state index contributed by atoms with van der Waals surface area (Å²) in [5, 5.41) is 4.63. The Bertz CT molecular complexity index is 556. The van der Waals surface area contributed by atoms with Crippen LogP contribution in [-0.2, 0) is 11.3 Å². The SMILES string of the molecule is Cc1nn(C(C)C)c(C)c1CN(C)C(=O)CCN1CCCCCCC1. The fourth-order valence-electron chi connectivity index (χ4n) is 3.74. The fraction of sp³-hybridized carbons (Fsp3) is 0.800. The quantitative estimate of drug-likeness (QED) is 0.787. The van der Waals surface area contributed by atoms with Crippen molar-refractivity contribution in [3.63, 3.8) is 0 Å². The Hall–Kier alpha value is -1.36. The molecule has 0 radical (unpaired) electrons. The van der Waals surface area contributed by atoms with Crippen LogP contribution in [0.5, 0.6) is 0 Å². The molecule has 1 saturated heterocycles. The molecule has 0 saturated carbocycles. The summed E-state index contributed by atoms with van der Waals surface area (Å²) in [6, 6.07) is 0.348. The van der Waals surface area contributed by atoms with Crippen molar-refractivity contribution in [1.82, 2.24) is 19.6 Å². The van der Waals surface area contributed by atoms with Gasteiger partial charge in [-0.1, -0.05) is 19.3 Å². The van der Waals surface area contributed by atoms with E-state index in [-0.39, 0.29) is 5.91 Å². The summed E-state index contributed by atoms with van der Waals surface area (Å²) in [6.45, 7) is 12.3. The Morgan fingerprint density at radius 1 is 1.12 bits per heavy atom. The molecular formula is C20H36N4O. The van der Waals surface area contributed by atoms with Crippen LogP contribution in [0.2, 0.25) is 0 Å². The summed E-state index contributed by atoms with van der Waals surface area (Å²) >= 11 is 0. The first kappa shape index (κ1) is 20.0. The molecule has 2 rings (SSSR count). The molecule has 0 spiro atoms. The Balaban J connectivity index is 1.87. The Labute approximate surface area is 153 Å². The van der Waals surface area contributed by atoms with Gasteiger partial charge in [0, 0.05) is 43.9 Å². The van der Waals surface area contributed by atoms with Gasteiger partial charge < -0.3 is 9.80 Å². The lowest BCUT2D eigenvalue weighted by atomic mass is 10.1. The van der Waals surface area contributed by atoms with E-state index in [9.17, 15) is 4.79 Å². The van der Waals surface area contributed by atoms with Crippen molar-refractivity contribution in [3.8, 4) is 0 Å². The number of hydrogen-bond acceptors (Lipinski definition) is 3. The number of nitrogens with zero attached hydrogens (tertiary/aromatic N) is 4. The van der Waals surface area contributed by atoms with Crippen molar-refractivity contribution in [1.29, 1.82) is 0 Å². The van der Waals surface area contributed by atoms with E-state index in [4.69, 9.17) is 0 Å². The molecule has 1 aliphatic rings. The minimum atomic E-state index is 0.234. The number of hydrogen-bond donors (Lipinski definition) is 0. The molecule has 5 nitrogen and oxygen atoms in total. The zero-order valence-electron chi connectivity index (χ0n) is 16.8. The van der Waals surface area contributed by atoms with Crippen LogP contribution in [0.15, 0.2) is 0 Å². The summed E-state index contributed by atoms with van der Waals surface area (Å²) in [5.41, 5.74) is 3.40. The van der Waals surface area contributed by atoms with Crippen molar-refractivity contribution in [2.45, 2.75) is 78.8 Å².